The van der Waals surface area contributed by atoms with Crippen LogP contribution in [0.4, 0.5) is 9.52 Å². The van der Waals surface area contributed by atoms with Gasteiger partial charge in [0.2, 0.25) is 0 Å². The molecule has 0 atom stereocenters. The number of anilines is 1. The van der Waals surface area contributed by atoms with E-state index < -0.39 is 5.82 Å². The maximum Gasteiger partial charge on any atom is 0.260 e. The number of thiazole rings is 1. The van der Waals surface area contributed by atoms with Gasteiger partial charge in [-0.05, 0) is 82.4 Å². The Bertz CT molecular complexity index is 934. The first-order valence-electron chi connectivity index (χ1n) is 8.95. The van der Waals surface area contributed by atoms with Gasteiger partial charge in [0.25, 0.3) is 5.91 Å². The van der Waals surface area contributed by atoms with E-state index in [0.29, 0.717) is 17.2 Å². The van der Waals surface area contributed by atoms with E-state index in [4.69, 9.17) is 4.98 Å². The molecule has 0 aliphatic heterocycles. The van der Waals surface area contributed by atoms with E-state index >= 15 is 0 Å². The summed E-state index contributed by atoms with van der Waals surface area (Å²) >= 11 is 1.50. The Kier molecular flexibility index (Phi) is 7.52. The Morgan fingerprint density at radius 1 is 1.11 bits per heavy atom. The van der Waals surface area contributed by atoms with Crippen LogP contribution in [0.5, 0.6) is 0 Å². The molecular weight excluding hydrogens is 397 g/mol. The second-order valence-electron chi connectivity index (χ2n) is 7.02. The molecule has 0 N–H and O–H groups in total. The molecule has 0 saturated carbocycles. The van der Waals surface area contributed by atoms with Gasteiger partial charge in [-0.3, -0.25) is 9.69 Å². The van der Waals surface area contributed by atoms with E-state index in [1.165, 1.54) is 34.6 Å². The molecule has 3 rings (SSSR count). The quantitative estimate of drug-likeness (QED) is 0.557. The minimum atomic E-state index is -0.412. The van der Waals surface area contributed by atoms with Gasteiger partial charge in [-0.1, -0.05) is 17.4 Å². The molecule has 0 fully saturated rings. The minimum Gasteiger partial charge on any atom is -0.309 e. The predicted molar refractivity (Wildman–Crippen MR) is 118 cm³/mol. The molecule has 1 aromatic heterocycles. The Hall–Kier alpha value is -2.02. The standard InChI is InChI=1S/C21H24FN3OS.ClH/c1-14-11-18-19(12-15(14)2)27-21(23-18)25(10-6-9-24(3)4)20(26)16-7-5-8-17(22)13-16;/h5,7-8,11-13H,6,9-10H2,1-4H3;1H. The van der Waals surface area contributed by atoms with Crippen LogP contribution in [0.15, 0.2) is 36.4 Å². The molecule has 0 saturated heterocycles. The van der Waals surface area contributed by atoms with Crippen molar-refractivity contribution >= 4 is 45.0 Å². The third kappa shape index (κ3) is 5.07. The first kappa shape index (κ1) is 22.3. The summed E-state index contributed by atoms with van der Waals surface area (Å²) in [6, 6.07) is 9.99. The molecule has 4 nitrogen and oxygen atoms in total. The van der Waals surface area contributed by atoms with Crippen molar-refractivity contribution in [3.8, 4) is 0 Å². The molecule has 2 aromatic carbocycles. The maximum absolute atomic E-state index is 13.6. The van der Waals surface area contributed by atoms with E-state index in [2.05, 4.69) is 30.9 Å². The maximum atomic E-state index is 13.6. The predicted octanol–water partition coefficient (Wildman–Crippen LogP) is 5.07. The van der Waals surface area contributed by atoms with Gasteiger partial charge in [0.05, 0.1) is 10.2 Å². The minimum absolute atomic E-state index is 0. The van der Waals surface area contributed by atoms with Crippen molar-refractivity contribution in [2.24, 2.45) is 0 Å². The van der Waals surface area contributed by atoms with Gasteiger partial charge in [0.1, 0.15) is 5.82 Å². The molecule has 1 heterocycles. The Morgan fingerprint density at radius 2 is 1.82 bits per heavy atom. The van der Waals surface area contributed by atoms with Crippen molar-refractivity contribution in [3.05, 3.63) is 58.9 Å². The number of benzene rings is 2. The third-order valence-electron chi connectivity index (χ3n) is 4.53. The number of carbonyl (C=O) groups excluding carboxylic acids is 1. The lowest BCUT2D eigenvalue weighted by Gasteiger charge is -2.21. The number of amides is 1. The zero-order chi connectivity index (χ0) is 19.6. The van der Waals surface area contributed by atoms with Gasteiger partial charge in [0.15, 0.2) is 5.13 Å². The van der Waals surface area contributed by atoms with Crippen LogP contribution in [0.3, 0.4) is 0 Å². The summed E-state index contributed by atoms with van der Waals surface area (Å²) < 4.78 is 14.7. The zero-order valence-electron chi connectivity index (χ0n) is 16.5. The number of rotatable bonds is 6. The molecule has 7 heteroatoms. The number of hydrogen-bond acceptors (Lipinski definition) is 4. The lowest BCUT2D eigenvalue weighted by atomic mass is 10.1. The summed E-state index contributed by atoms with van der Waals surface area (Å²) in [6.07, 6.45) is 0.808. The van der Waals surface area contributed by atoms with Crippen LogP contribution >= 0.6 is 23.7 Å². The lowest BCUT2D eigenvalue weighted by molar-refractivity contribution is 0.0985. The lowest BCUT2D eigenvalue weighted by Crippen LogP contribution is -2.33. The summed E-state index contributed by atoms with van der Waals surface area (Å²) in [5.41, 5.74) is 3.61. The zero-order valence-corrected chi connectivity index (χ0v) is 18.2. The van der Waals surface area contributed by atoms with Gasteiger partial charge >= 0.3 is 0 Å². The first-order chi connectivity index (χ1) is 12.8. The van der Waals surface area contributed by atoms with Crippen molar-refractivity contribution in [3.63, 3.8) is 0 Å². The summed E-state index contributed by atoms with van der Waals surface area (Å²) in [5.74, 6) is -0.634. The molecule has 0 spiro atoms. The highest BCUT2D eigenvalue weighted by atomic mass is 35.5. The van der Waals surface area contributed by atoms with Crippen molar-refractivity contribution in [2.45, 2.75) is 20.3 Å². The molecule has 0 unspecified atom stereocenters. The monoisotopic (exact) mass is 421 g/mol. The van der Waals surface area contributed by atoms with E-state index in [9.17, 15) is 9.18 Å². The van der Waals surface area contributed by atoms with Gasteiger partial charge in [-0.15, -0.1) is 12.4 Å². The molecule has 1 amide bonds. The molecule has 150 valence electrons. The smallest absolute Gasteiger partial charge is 0.260 e. The number of hydrogen-bond donors (Lipinski definition) is 0. The third-order valence-corrected chi connectivity index (χ3v) is 5.57. The van der Waals surface area contributed by atoms with Crippen LogP contribution in [-0.4, -0.2) is 43.0 Å². The molecule has 0 bridgehead atoms. The molecule has 0 radical (unpaired) electrons. The average molecular weight is 422 g/mol. The second-order valence-corrected chi connectivity index (χ2v) is 8.03. The van der Waals surface area contributed by atoms with Crippen LogP contribution in [0.25, 0.3) is 10.2 Å². The molecule has 0 aliphatic rings. The van der Waals surface area contributed by atoms with Crippen LogP contribution in [-0.2, 0) is 0 Å². The van der Waals surface area contributed by atoms with E-state index in [-0.39, 0.29) is 18.3 Å². The molecular formula is C21H25ClFN3OS. The largest absolute Gasteiger partial charge is 0.309 e. The highest BCUT2D eigenvalue weighted by Gasteiger charge is 2.21. The Morgan fingerprint density at radius 3 is 2.50 bits per heavy atom. The van der Waals surface area contributed by atoms with Crippen LogP contribution in [0, 0.1) is 19.7 Å². The average Bonchev–Trinajstić information content (AvgIpc) is 3.00. The van der Waals surface area contributed by atoms with Crippen molar-refractivity contribution in [1.82, 2.24) is 9.88 Å². The van der Waals surface area contributed by atoms with Gasteiger partial charge < -0.3 is 4.90 Å². The van der Waals surface area contributed by atoms with Crippen LogP contribution in [0.2, 0.25) is 0 Å². The number of fused-ring (bicyclic) bond motifs is 1. The SMILES string of the molecule is Cc1cc2nc(N(CCCN(C)C)C(=O)c3cccc(F)c3)sc2cc1C.Cl. The highest BCUT2D eigenvalue weighted by molar-refractivity contribution is 7.22. The van der Waals surface area contributed by atoms with Crippen molar-refractivity contribution < 1.29 is 9.18 Å². The van der Waals surface area contributed by atoms with Crippen molar-refractivity contribution in [1.29, 1.82) is 0 Å². The summed E-state index contributed by atoms with van der Waals surface area (Å²) in [4.78, 5) is 21.5. The summed E-state index contributed by atoms with van der Waals surface area (Å²) in [7, 11) is 4.00. The topological polar surface area (TPSA) is 36.4 Å². The number of halogens is 2. The Labute approximate surface area is 175 Å². The first-order valence-corrected chi connectivity index (χ1v) is 9.77. The molecule has 28 heavy (non-hydrogen) atoms. The number of nitrogens with zero attached hydrogens (tertiary/aromatic N) is 3. The Balaban J connectivity index is 0.00000280. The summed E-state index contributed by atoms with van der Waals surface area (Å²) in [5, 5.41) is 0.656. The fraction of sp³-hybridized carbons (Fsp3) is 0.333. The molecule has 3 aromatic rings. The number of carbonyl (C=O) groups is 1. The van der Waals surface area contributed by atoms with E-state index in [1.54, 1.807) is 17.0 Å². The van der Waals surface area contributed by atoms with Gasteiger partial charge in [-0.25, -0.2) is 9.37 Å². The van der Waals surface area contributed by atoms with Crippen LogP contribution < -0.4 is 4.90 Å². The normalized spacial score (nSPS) is 10.9. The van der Waals surface area contributed by atoms with Gasteiger partial charge in [0, 0.05) is 12.1 Å². The fourth-order valence-corrected chi connectivity index (χ4v) is 3.96. The number of aryl methyl sites for hydroxylation is 2. The molecule has 0 aliphatic carbocycles. The van der Waals surface area contributed by atoms with Crippen LogP contribution in [0.1, 0.15) is 27.9 Å². The van der Waals surface area contributed by atoms with Crippen molar-refractivity contribution in [2.75, 3.05) is 32.1 Å². The van der Waals surface area contributed by atoms with E-state index in [0.717, 1.165) is 23.2 Å². The highest BCUT2D eigenvalue weighted by Crippen LogP contribution is 2.31. The fourth-order valence-electron chi connectivity index (χ4n) is 2.89. The number of aromatic nitrogens is 1. The summed E-state index contributed by atoms with van der Waals surface area (Å²) in [6.45, 7) is 5.52. The van der Waals surface area contributed by atoms with Gasteiger partial charge in [-0.2, -0.15) is 0 Å². The second kappa shape index (κ2) is 9.45. The van der Waals surface area contributed by atoms with E-state index in [1.807, 2.05) is 14.1 Å².